The van der Waals surface area contributed by atoms with Crippen LogP contribution in [0.4, 0.5) is 0 Å². The molecule has 0 amide bonds. The van der Waals surface area contributed by atoms with Gasteiger partial charge in [-0.3, -0.25) is 9.59 Å². The molecular formula is C30H38O5. The van der Waals surface area contributed by atoms with Crippen molar-refractivity contribution in [3.8, 4) is 0 Å². The van der Waals surface area contributed by atoms with E-state index in [0.29, 0.717) is 18.4 Å². The second-order valence-corrected chi connectivity index (χ2v) is 12.7. The van der Waals surface area contributed by atoms with Crippen molar-refractivity contribution in [2.45, 2.75) is 79.8 Å². The first-order valence-corrected chi connectivity index (χ1v) is 12.8. The number of aliphatic hydroxyl groups excluding tert-OH is 2. The average Bonchev–Trinajstić information content (AvgIpc) is 2.79. The summed E-state index contributed by atoms with van der Waals surface area (Å²) in [6.07, 6.45) is 9.01. The van der Waals surface area contributed by atoms with Crippen LogP contribution in [0, 0.1) is 27.6 Å². The molecule has 2 fully saturated rings. The predicted octanol–water partition coefficient (Wildman–Crippen LogP) is 5.68. The van der Waals surface area contributed by atoms with E-state index in [2.05, 4.69) is 39.8 Å². The summed E-state index contributed by atoms with van der Waals surface area (Å²) in [4.78, 5) is 25.5. The number of rotatable bonds is 1. The largest absolute Gasteiger partial charge is 0.504 e. The molecule has 35 heavy (non-hydrogen) atoms. The van der Waals surface area contributed by atoms with Gasteiger partial charge in [-0.15, -0.1) is 0 Å². The molecule has 5 nitrogen and oxygen atoms in total. The molecule has 5 heteroatoms. The summed E-state index contributed by atoms with van der Waals surface area (Å²) < 4.78 is 5.16. The van der Waals surface area contributed by atoms with Crippen LogP contribution in [0.3, 0.4) is 0 Å². The molecule has 0 heterocycles. The van der Waals surface area contributed by atoms with E-state index in [0.717, 1.165) is 30.4 Å². The molecule has 0 saturated heterocycles. The molecule has 0 radical (unpaired) electrons. The molecule has 188 valence electrons. The highest BCUT2D eigenvalue weighted by molar-refractivity contribution is 6.06. The Morgan fingerprint density at radius 1 is 1.06 bits per heavy atom. The van der Waals surface area contributed by atoms with E-state index < -0.39 is 11.5 Å². The van der Waals surface area contributed by atoms with Crippen molar-refractivity contribution in [1.29, 1.82) is 0 Å². The van der Waals surface area contributed by atoms with Gasteiger partial charge in [0.2, 0.25) is 5.78 Å². The molecule has 5 aliphatic carbocycles. The number of aliphatic hydroxyl groups is 2. The van der Waals surface area contributed by atoms with Gasteiger partial charge in [0.1, 0.15) is 0 Å². The maximum Gasteiger partial charge on any atom is 0.314 e. The van der Waals surface area contributed by atoms with Crippen molar-refractivity contribution < 1.29 is 24.5 Å². The Kier molecular flexibility index (Phi) is 5.08. The van der Waals surface area contributed by atoms with Crippen LogP contribution in [0.15, 0.2) is 57.4 Å². The lowest BCUT2D eigenvalue weighted by Gasteiger charge is -2.63. The van der Waals surface area contributed by atoms with Gasteiger partial charge < -0.3 is 14.9 Å². The lowest BCUT2D eigenvalue weighted by atomic mass is 9.40. The highest BCUT2D eigenvalue weighted by Gasteiger charge is 2.63. The molecule has 2 N–H and O–H groups in total. The summed E-state index contributed by atoms with van der Waals surface area (Å²) in [7, 11) is 1.41. The molecule has 0 aromatic rings. The molecule has 0 aromatic heterocycles. The van der Waals surface area contributed by atoms with Crippen LogP contribution in [0.2, 0.25) is 0 Å². The standard InChI is InChI=1S/C30H38O5/c1-16-13-27(3)15-23(32)30(6,26(34)35-7)14-22(27)29(5)11-10-28(4)19(24(16)29)9-8-18-17(2)25(33)21(31)12-20(18)28/h8-9,12,22-23,32-33H,10-11,13-15H2,1-7H3. The summed E-state index contributed by atoms with van der Waals surface area (Å²) in [5.74, 6) is -0.596. The maximum atomic E-state index is 12.9. The van der Waals surface area contributed by atoms with Crippen molar-refractivity contribution in [3.63, 3.8) is 0 Å². The minimum Gasteiger partial charge on any atom is -0.504 e. The third-order valence-electron chi connectivity index (χ3n) is 10.5. The van der Waals surface area contributed by atoms with Crippen LogP contribution in [0.1, 0.15) is 73.6 Å². The van der Waals surface area contributed by atoms with E-state index in [1.165, 1.54) is 23.8 Å². The quantitative estimate of drug-likeness (QED) is 0.474. The predicted molar refractivity (Wildman–Crippen MR) is 134 cm³/mol. The Morgan fingerprint density at radius 3 is 2.40 bits per heavy atom. The van der Waals surface area contributed by atoms with Crippen LogP contribution in [0.5, 0.6) is 0 Å². The topological polar surface area (TPSA) is 83.8 Å². The Balaban J connectivity index is 1.67. The minimum absolute atomic E-state index is 0.107. The van der Waals surface area contributed by atoms with E-state index in [-0.39, 0.29) is 39.7 Å². The molecule has 0 spiro atoms. The van der Waals surface area contributed by atoms with Gasteiger partial charge in [0.15, 0.2) is 5.76 Å². The molecule has 2 saturated carbocycles. The van der Waals surface area contributed by atoms with Crippen molar-refractivity contribution in [2.75, 3.05) is 7.11 Å². The van der Waals surface area contributed by atoms with Crippen LogP contribution in [-0.2, 0) is 14.3 Å². The van der Waals surface area contributed by atoms with E-state index in [1.54, 1.807) is 6.08 Å². The van der Waals surface area contributed by atoms with Crippen LogP contribution < -0.4 is 0 Å². The lowest BCUT2D eigenvalue weighted by Crippen LogP contribution is -2.59. The fourth-order valence-corrected chi connectivity index (χ4v) is 8.55. The third-order valence-corrected chi connectivity index (χ3v) is 10.5. The van der Waals surface area contributed by atoms with Gasteiger partial charge in [-0.25, -0.2) is 0 Å². The molecule has 5 aliphatic rings. The molecule has 6 atom stereocenters. The average molecular weight is 479 g/mol. The number of allylic oxidation sites excluding steroid dienone is 9. The summed E-state index contributed by atoms with van der Waals surface area (Å²) in [5, 5.41) is 21.4. The summed E-state index contributed by atoms with van der Waals surface area (Å²) in [6.45, 7) is 12.8. The summed E-state index contributed by atoms with van der Waals surface area (Å²) in [6, 6.07) is 0. The van der Waals surface area contributed by atoms with Gasteiger partial charge in [-0.2, -0.15) is 0 Å². The van der Waals surface area contributed by atoms with Crippen LogP contribution in [0.25, 0.3) is 0 Å². The zero-order valence-electron chi connectivity index (χ0n) is 22.0. The Labute approximate surface area is 208 Å². The molecule has 0 aliphatic heterocycles. The molecule has 5 rings (SSSR count). The van der Waals surface area contributed by atoms with Crippen molar-refractivity contribution >= 4 is 11.8 Å². The number of carbonyl (C=O) groups is 2. The number of fused-ring (bicyclic) bond motifs is 7. The summed E-state index contributed by atoms with van der Waals surface area (Å²) >= 11 is 0. The Hall–Kier alpha value is -2.40. The SMILES string of the molecule is COC(=O)C1(C)CC2C(C)(CC(C)=C3C4=CC=C5C(=CC(=O)C(O)=C5C)C4(C)CCC32C)CC1O. The van der Waals surface area contributed by atoms with E-state index in [4.69, 9.17) is 4.74 Å². The van der Waals surface area contributed by atoms with E-state index >= 15 is 0 Å². The van der Waals surface area contributed by atoms with Gasteiger partial charge in [0.25, 0.3) is 0 Å². The second-order valence-electron chi connectivity index (χ2n) is 12.7. The van der Waals surface area contributed by atoms with Crippen LogP contribution in [-0.4, -0.2) is 35.2 Å². The molecule has 6 unspecified atom stereocenters. The van der Waals surface area contributed by atoms with Gasteiger partial charge >= 0.3 is 5.97 Å². The number of ketones is 1. The first-order chi connectivity index (χ1) is 16.2. The Morgan fingerprint density at radius 2 is 1.74 bits per heavy atom. The second kappa shape index (κ2) is 7.32. The maximum absolute atomic E-state index is 12.9. The molecular weight excluding hydrogens is 440 g/mol. The van der Waals surface area contributed by atoms with Crippen molar-refractivity contribution in [3.05, 3.63) is 57.4 Å². The fourth-order valence-electron chi connectivity index (χ4n) is 8.55. The number of methoxy groups -OCH3 is 1. The number of ether oxygens (including phenoxy) is 1. The zero-order chi connectivity index (χ0) is 25.7. The highest BCUT2D eigenvalue weighted by atomic mass is 16.5. The minimum atomic E-state index is -0.926. The monoisotopic (exact) mass is 478 g/mol. The fraction of sp³-hybridized carbons (Fsp3) is 0.600. The molecule has 0 bridgehead atoms. The van der Waals surface area contributed by atoms with Crippen molar-refractivity contribution in [1.82, 2.24) is 0 Å². The zero-order valence-corrected chi connectivity index (χ0v) is 22.0. The Bertz CT molecular complexity index is 1210. The number of hydrogen-bond donors (Lipinski definition) is 2. The van der Waals surface area contributed by atoms with Gasteiger partial charge in [-0.1, -0.05) is 38.5 Å². The number of hydrogen-bond acceptors (Lipinski definition) is 5. The van der Waals surface area contributed by atoms with Crippen molar-refractivity contribution in [2.24, 2.45) is 27.6 Å². The normalized spacial score (nSPS) is 42.7. The summed E-state index contributed by atoms with van der Waals surface area (Å²) in [5.41, 5.74) is 5.06. The first-order valence-electron chi connectivity index (χ1n) is 12.8. The smallest absolute Gasteiger partial charge is 0.314 e. The highest BCUT2D eigenvalue weighted by Crippen LogP contribution is 2.70. The van der Waals surface area contributed by atoms with Gasteiger partial charge in [0.05, 0.1) is 18.6 Å². The van der Waals surface area contributed by atoms with E-state index in [9.17, 15) is 19.8 Å². The first kappa shape index (κ1) is 24.3. The van der Waals surface area contributed by atoms with E-state index in [1.807, 2.05) is 13.8 Å². The lowest BCUT2D eigenvalue weighted by molar-refractivity contribution is -0.177. The van der Waals surface area contributed by atoms with Crippen LogP contribution >= 0.6 is 0 Å². The number of esters is 1. The van der Waals surface area contributed by atoms with Gasteiger partial charge in [0, 0.05) is 11.0 Å². The number of carbonyl (C=O) groups excluding carboxylic acids is 2. The third kappa shape index (κ3) is 2.97. The molecule has 0 aromatic carbocycles. The van der Waals surface area contributed by atoms with Gasteiger partial charge in [-0.05, 0) is 98.0 Å².